The zero-order valence-corrected chi connectivity index (χ0v) is 15.5. The summed E-state index contributed by atoms with van der Waals surface area (Å²) in [6, 6.07) is 10.3. The number of aromatic nitrogens is 1. The van der Waals surface area contributed by atoms with Crippen molar-refractivity contribution in [2.24, 2.45) is 0 Å². The Kier molecular flexibility index (Phi) is 5.48. The van der Waals surface area contributed by atoms with E-state index in [2.05, 4.69) is 16.4 Å². The molecule has 1 atom stereocenters. The van der Waals surface area contributed by atoms with Gasteiger partial charge in [-0.3, -0.25) is 9.78 Å². The number of benzene rings is 1. The summed E-state index contributed by atoms with van der Waals surface area (Å²) in [5, 5.41) is 3.12. The van der Waals surface area contributed by atoms with Gasteiger partial charge in [0.2, 0.25) is 5.91 Å². The molecule has 2 aromatic rings. The van der Waals surface area contributed by atoms with Crippen molar-refractivity contribution < 1.29 is 9.18 Å². The fourth-order valence-corrected chi connectivity index (χ4v) is 4.01. The third kappa shape index (κ3) is 4.03. The number of nitrogens with zero attached hydrogens (tertiary/aromatic N) is 2. The number of carbonyl (C=O) groups is 1. The van der Waals surface area contributed by atoms with Crippen LogP contribution in [-0.4, -0.2) is 23.5 Å². The minimum absolute atomic E-state index is 0.0930. The highest BCUT2D eigenvalue weighted by Crippen LogP contribution is 2.32. The van der Waals surface area contributed by atoms with E-state index in [1.54, 1.807) is 18.2 Å². The molecule has 1 N–H and O–H groups in total. The van der Waals surface area contributed by atoms with Gasteiger partial charge < -0.3 is 10.2 Å². The molecule has 0 spiro atoms. The van der Waals surface area contributed by atoms with Crippen LogP contribution in [0.1, 0.15) is 55.7 Å². The molecule has 1 saturated heterocycles. The highest BCUT2D eigenvalue weighted by atomic mass is 19.1. The Balaban J connectivity index is 1.54. The minimum Gasteiger partial charge on any atom is -0.306 e. The molecule has 142 valence electrons. The number of para-hydroxylation sites is 1. The Morgan fingerprint density at radius 1 is 1.11 bits per heavy atom. The number of hydrogen-bond acceptors (Lipinski definition) is 3. The lowest BCUT2D eigenvalue weighted by molar-refractivity contribution is -0.122. The van der Waals surface area contributed by atoms with E-state index in [9.17, 15) is 9.18 Å². The third-order valence-corrected chi connectivity index (χ3v) is 5.78. The van der Waals surface area contributed by atoms with Crippen LogP contribution in [0.25, 0.3) is 0 Å². The van der Waals surface area contributed by atoms with Gasteiger partial charge in [-0.1, -0.05) is 37.5 Å². The van der Waals surface area contributed by atoms with Crippen molar-refractivity contribution in [3.05, 3.63) is 59.7 Å². The molecule has 2 heterocycles. The highest BCUT2D eigenvalue weighted by Gasteiger charge is 2.31. The molecule has 5 heteroatoms. The van der Waals surface area contributed by atoms with Gasteiger partial charge in [0.05, 0.1) is 24.0 Å². The van der Waals surface area contributed by atoms with Gasteiger partial charge in [-0.05, 0) is 55.5 Å². The summed E-state index contributed by atoms with van der Waals surface area (Å²) < 4.78 is 14.4. The Bertz CT molecular complexity index is 782. The number of hydrogen-bond donors (Lipinski definition) is 1. The predicted octanol–water partition coefficient (Wildman–Crippen LogP) is 4.16. The van der Waals surface area contributed by atoms with E-state index in [1.807, 2.05) is 12.3 Å². The van der Waals surface area contributed by atoms with Crippen molar-refractivity contribution in [3.63, 3.8) is 0 Å². The molecule has 4 nitrogen and oxygen atoms in total. The summed E-state index contributed by atoms with van der Waals surface area (Å²) in [7, 11) is 0. The van der Waals surface area contributed by atoms with Gasteiger partial charge in [-0.2, -0.15) is 0 Å². The lowest BCUT2D eigenvalue weighted by atomic mass is 9.85. The van der Waals surface area contributed by atoms with Crippen LogP contribution in [0.4, 0.5) is 10.1 Å². The second kappa shape index (κ2) is 8.17. The molecule has 0 radical (unpaired) electrons. The van der Waals surface area contributed by atoms with Crippen LogP contribution in [-0.2, 0) is 11.3 Å². The van der Waals surface area contributed by atoms with Crippen molar-refractivity contribution in [2.45, 2.75) is 57.0 Å². The van der Waals surface area contributed by atoms with Gasteiger partial charge in [0, 0.05) is 6.20 Å². The number of halogens is 1. The first-order chi connectivity index (χ1) is 13.2. The summed E-state index contributed by atoms with van der Waals surface area (Å²) in [6.07, 6.45) is 9.10. The van der Waals surface area contributed by atoms with Gasteiger partial charge in [0.25, 0.3) is 0 Å². The van der Waals surface area contributed by atoms with Gasteiger partial charge >= 0.3 is 0 Å². The monoisotopic (exact) mass is 367 g/mol. The summed E-state index contributed by atoms with van der Waals surface area (Å²) in [4.78, 5) is 19.0. The summed E-state index contributed by atoms with van der Waals surface area (Å²) >= 11 is 0. The molecule has 1 amide bonds. The van der Waals surface area contributed by atoms with E-state index in [0.717, 1.165) is 18.7 Å². The lowest BCUT2D eigenvalue weighted by Crippen LogP contribution is -2.54. The molecule has 1 aromatic heterocycles. The largest absolute Gasteiger partial charge is 0.306 e. The van der Waals surface area contributed by atoms with Crippen LogP contribution in [0.5, 0.6) is 0 Å². The molecule has 27 heavy (non-hydrogen) atoms. The summed E-state index contributed by atoms with van der Waals surface area (Å²) in [5.41, 5.74) is 2.38. The van der Waals surface area contributed by atoms with Crippen LogP contribution in [0.3, 0.4) is 0 Å². The summed E-state index contributed by atoms with van der Waals surface area (Å²) in [5.74, 6) is 0.122. The van der Waals surface area contributed by atoms with E-state index < -0.39 is 0 Å². The molecule has 0 bridgehead atoms. The van der Waals surface area contributed by atoms with Crippen molar-refractivity contribution >= 4 is 11.6 Å². The minimum atomic E-state index is -0.385. The Morgan fingerprint density at radius 2 is 1.89 bits per heavy atom. The quantitative estimate of drug-likeness (QED) is 0.863. The average Bonchev–Trinajstić information content (AvgIpc) is 2.66. The first-order valence-corrected chi connectivity index (χ1v) is 9.96. The second-order valence-corrected chi connectivity index (χ2v) is 7.59. The Morgan fingerprint density at radius 3 is 2.52 bits per heavy atom. The van der Waals surface area contributed by atoms with Gasteiger partial charge in [0.15, 0.2) is 0 Å². The number of anilines is 1. The zero-order valence-electron chi connectivity index (χ0n) is 15.5. The standard InChI is InChI=1S/C22H26FN3O/c23-19-8-4-5-9-21(19)26(22(27)20-12-13-24-20)15-18-11-10-17(14-25-18)16-6-2-1-3-7-16/h4-5,8-11,14,16,20,24H,1-3,6-7,12-13,15H2/t20-/m1/s1. The molecule has 1 aromatic carbocycles. The van der Waals surface area contributed by atoms with Crippen LogP contribution in [0, 0.1) is 5.82 Å². The van der Waals surface area contributed by atoms with Crippen LogP contribution in [0.15, 0.2) is 42.6 Å². The third-order valence-electron chi connectivity index (χ3n) is 5.78. The topological polar surface area (TPSA) is 45.2 Å². The Labute approximate surface area is 159 Å². The van der Waals surface area contributed by atoms with Gasteiger partial charge in [-0.25, -0.2) is 4.39 Å². The van der Waals surface area contributed by atoms with E-state index in [0.29, 0.717) is 11.6 Å². The molecular formula is C22H26FN3O. The molecule has 2 aliphatic rings. The SMILES string of the molecule is O=C([C@H]1CCN1)N(Cc1ccc(C2CCCCC2)cn1)c1ccccc1F. The smallest absolute Gasteiger partial charge is 0.244 e. The maximum absolute atomic E-state index is 14.4. The fraction of sp³-hybridized carbons (Fsp3) is 0.455. The van der Waals surface area contributed by atoms with Crippen LogP contribution < -0.4 is 10.2 Å². The van der Waals surface area contributed by atoms with Crippen molar-refractivity contribution in [1.82, 2.24) is 10.3 Å². The molecule has 4 rings (SSSR count). The number of nitrogens with one attached hydrogen (secondary N) is 1. The number of carbonyl (C=O) groups excluding carboxylic acids is 1. The second-order valence-electron chi connectivity index (χ2n) is 7.59. The van der Waals surface area contributed by atoms with Crippen molar-refractivity contribution in [2.75, 3.05) is 11.4 Å². The van der Waals surface area contributed by atoms with Crippen LogP contribution in [0.2, 0.25) is 0 Å². The number of pyridine rings is 1. The molecule has 2 fully saturated rings. The van der Waals surface area contributed by atoms with Crippen molar-refractivity contribution in [3.8, 4) is 0 Å². The van der Waals surface area contributed by atoms with E-state index in [4.69, 9.17) is 0 Å². The van der Waals surface area contributed by atoms with Crippen molar-refractivity contribution in [1.29, 1.82) is 0 Å². The average molecular weight is 367 g/mol. The molecule has 0 unspecified atom stereocenters. The lowest BCUT2D eigenvalue weighted by Gasteiger charge is -2.33. The zero-order chi connectivity index (χ0) is 18.6. The maximum atomic E-state index is 14.4. The fourth-order valence-electron chi connectivity index (χ4n) is 4.01. The highest BCUT2D eigenvalue weighted by molar-refractivity contribution is 5.97. The van der Waals surface area contributed by atoms with Crippen LogP contribution >= 0.6 is 0 Å². The molecule has 1 aliphatic heterocycles. The predicted molar refractivity (Wildman–Crippen MR) is 104 cm³/mol. The Hall–Kier alpha value is -2.27. The number of rotatable bonds is 5. The maximum Gasteiger partial charge on any atom is 0.244 e. The van der Waals surface area contributed by atoms with E-state index in [1.165, 1.54) is 48.6 Å². The first kappa shape index (κ1) is 18.1. The number of amides is 1. The summed E-state index contributed by atoms with van der Waals surface area (Å²) in [6.45, 7) is 1.11. The normalized spacial score (nSPS) is 20.1. The van der Waals surface area contributed by atoms with Gasteiger partial charge in [0.1, 0.15) is 5.82 Å². The van der Waals surface area contributed by atoms with Gasteiger partial charge in [-0.15, -0.1) is 0 Å². The first-order valence-electron chi connectivity index (χ1n) is 9.96. The molecule has 1 saturated carbocycles. The van der Waals surface area contributed by atoms with E-state index in [-0.39, 0.29) is 24.3 Å². The molecule has 1 aliphatic carbocycles. The molecular weight excluding hydrogens is 341 g/mol. The van der Waals surface area contributed by atoms with E-state index >= 15 is 0 Å².